The first-order valence-electron chi connectivity index (χ1n) is 8.58. The lowest BCUT2D eigenvalue weighted by atomic mass is 10.2. The lowest BCUT2D eigenvalue weighted by Crippen LogP contribution is -2.44. The third-order valence-electron chi connectivity index (χ3n) is 4.32. The number of aryl methyl sites for hydroxylation is 1. The largest absolute Gasteiger partial charge is 0.379 e. The molecule has 0 spiro atoms. The molecule has 26 heavy (non-hydrogen) atoms. The average Bonchev–Trinajstić information content (AvgIpc) is 2.82. The minimum atomic E-state index is -3.90. The highest BCUT2D eigenvalue weighted by atomic mass is 32.2. The summed E-state index contributed by atoms with van der Waals surface area (Å²) in [4.78, 5) is -0.0176. The molecule has 2 atom stereocenters. The second kappa shape index (κ2) is 8.33. The molecule has 148 valence electrons. The highest BCUT2D eigenvalue weighted by Gasteiger charge is 2.45. The third-order valence-corrected chi connectivity index (χ3v) is 8.63. The van der Waals surface area contributed by atoms with Gasteiger partial charge in [-0.15, -0.1) is 0 Å². The summed E-state index contributed by atoms with van der Waals surface area (Å²) in [6, 6.07) is 2.74. The summed E-state index contributed by atoms with van der Waals surface area (Å²) >= 11 is 0. The predicted molar refractivity (Wildman–Crippen MR) is 98.3 cm³/mol. The zero-order chi connectivity index (χ0) is 19.5. The van der Waals surface area contributed by atoms with Gasteiger partial charge in [0.2, 0.25) is 0 Å². The molecule has 0 aromatic heterocycles. The van der Waals surface area contributed by atoms with E-state index in [0.717, 1.165) is 12.1 Å². The maximum absolute atomic E-state index is 13.3. The molecule has 1 aromatic carbocycles. The molecule has 2 rings (SSSR count). The lowest BCUT2D eigenvalue weighted by Gasteiger charge is -2.21. The fourth-order valence-electron chi connectivity index (χ4n) is 3.09. The van der Waals surface area contributed by atoms with Crippen molar-refractivity contribution >= 4 is 19.7 Å². The normalized spacial score (nSPS) is 22.8. The van der Waals surface area contributed by atoms with Crippen LogP contribution in [0.1, 0.15) is 25.8 Å². The quantitative estimate of drug-likeness (QED) is 0.519. The highest BCUT2D eigenvalue weighted by Crippen LogP contribution is 2.28. The Morgan fingerprint density at radius 1 is 1.31 bits per heavy atom. The Morgan fingerprint density at radius 2 is 2.00 bits per heavy atom. The minimum Gasteiger partial charge on any atom is -0.379 e. The number of sulfone groups is 2. The van der Waals surface area contributed by atoms with Crippen LogP contribution in [-0.2, 0) is 24.4 Å². The smallest absolute Gasteiger partial charge is 0.184 e. The molecular formula is C17H26FNO5S2. The van der Waals surface area contributed by atoms with Crippen LogP contribution in [0, 0.1) is 12.7 Å². The van der Waals surface area contributed by atoms with E-state index in [9.17, 15) is 21.2 Å². The first-order chi connectivity index (χ1) is 12.0. The van der Waals surface area contributed by atoms with Gasteiger partial charge in [-0.1, -0.05) is 0 Å². The maximum atomic E-state index is 13.3. The van der Waals surface area contributed by atoms with Gasteiger partial charge in [-0.3, -0.25) is 0 Å². The first-order valence-corrected chi connectivity index (χ1v) is 11.9. The molecule has 0 unspecified atom stereocenters. The Bertz CT molecular complexity index is 837. The van der Waals surface area contributed by atoms with Crippen LogP contribution in [0.2, 0.25) is 0 Å². The van der Waals surface area contributed by atoms with Gasteiger partial charge < -0.3 is 10.1 Å². The van der Waals surface area contributed by atoms with Crippen molar-refractivity contribution in [2.45, 2.75) is 49.5 Å². The monoisotopic (exact) mass is 407 g/mol. The van der Waals surface area contributed by atoms with Gasteiger partial charge in [0.25, 0.3) is 0 Å². The van der Waals surface area contributed by atoms with E-state index in [1.807, 2.05) is 13.8 Å². The van der Waals surface area contributed by atoms with Crippen LogP contribution in [0.4, 0.5) is 4.39 Å². The van der Waals surface area contributed by atoms with Crippen molar-refractivity contribution in [3.8, 4) is 0 Å². The molecule has 1 heterocycles. The van der Waals surface area contributed by atoms with E-state index in [1.165, 1.54) is 13.0 Å². The number of halogens is 1. The predicted octanol–water partition coefficient (Wildman–Crippen LogP) is 1.48. The number of hydrogen-bond donors (Lipinski definition) is 1. The Morgan fingerprint density at radius 3 is 2.62 bits per heavy atom. The van der Waals surface area contributed by atoms with E-state index < -0.39 is 42.5 Å². The second-order valence-corrected chi connectivity index (χ2v) is 11.2. The highest BCUT2D eigenvalue weighted by molar-refractivity contribution is 7.96. The summed E-state index contributed by atoms with van der Waals surface area (Å²) in [6.07, 6.45) is 0.758. The third kappa shape index (κ3) is 5.25. The molecule has 6 nitrogen and oxygen atoms in total. The van der Waals surface area contributed by atoms with Gasteiger partial charge in [-0.2, -0.15) is 0 Å². The molecule has 9 heteroatoms. The number of nitrogens with one attached hydrogen (secondary N) is 1. The van der Waals surface area contributed by atoms with Crippen LogP contribution in [0.3, 0.4) is 0 Å². The van der Waals surface area contributed by atoms with E-state index >= 15 is 0 Å². The van der Waals surface area contributed by atoms with Gasteiger partial charge in [-0.05, 0) is 57.5 Å². The van der Waals surface area contributed by atoms with Crippen LogP contribution >= 0.6 is 0 Å². The van der Waals surface area contributed by atoms with E-state index in [2.05, 4.69) is 5.32 Å². The fraction of sp³-hybridized carbons (Fsp3) is 0.647. The fourth-order valence-corrected chi connectivity index (χ4v) is 8.03. The molecule has 0 bridgehead atoms. The molecule has 0 saturated carbocycles. The summed E-state index contributed by atoms with van der Waals surface area (Å²) in [6.45, 7) is 6.32. The average molecular weight is 408 g/mol. The van der Waals surface area contributed by atoms with Gasteiger partial charge >= 0.3 is 0 Å². The number of benzene rings is 1. The van der Waals surface area contributed by atoms with E-state index in [4.69, 9.17) is 4.74 Å². The Hall–Kier alpha value is -1.03. The molecule has 1 aliphatic rings. The van der Waals surface area contributed by atoms with Crippen molar-refractivity contribution in [2.75, 3.05) is 24.7 Å². The number of rotatable bonds is 8. The van der Waals surface area contributed by atoms with Crippen LogP contribution in [-0.4, -0.2) is 58.9 Å². The summed E-state index contributed by atoms with van der Waals surface area (Å²) in [5.41, 5.74) is 0.276. The molecule has 0 radical (unpaired) electrons. The van der Waals surface area contributed by atoms with Gasteiger partial charge in [-0.25, -0.2) is 21.2 Å². The van der Waals surface area contributed by atoms with E-state index in [-0.39, 0.29) is 22.3 Å². The topological polar surface area (TPSA) is 89.5 Å². The molecular weight excluding hydrogens is 381 g/mol. The standard InChI is InChI=1S/C17H26FNO5S2/c1-12(2)24-8-4-7-19-15-10-25(20,21)11-17(15)26(22,23)16-6-5-14(18)9-13(16)3/h5-6,9,12,15,17,19H,4,7-8,10-11H2,1-3H3/t15-,17-/m0/s1. The van der Waals surface area contributed by atoms with Gasteiger partial charge in [0.05, 0.1) is 27.8 Å². The molecule has 1 aliphatic heterocycles. The van der Waals surface area contributed by atoms with Crippen LogP contribution in [0.5, 0.6) is 0 Å². The summed E-state index contributed by atoms with van der Waals surface area (Å²) in [5, 5.41) is 1.97. The molecule has 1 N–H and O–H groups in total. The van der Waals surface area contributed by atoms with Crippen molar-refractivity contribution in [1.82, 2.24) is 5.32 Å². The molecule has 1 fully saturated rings. The van der Waals surface area contributed by atoms with Crippen LogP contribution < -0.4 is 5.32 Å². The Kier molecular flexibility index (Phi) is 6.81. The first kappa shape index (κ1) is 21.3. The molecule has 1 saturated heterocycles. The summed E-state index contributed by atoms with van der Waals surface area (Å²) < 4.78 is 68.8. The van der Waals surface area contributed by atoms with Gasteiger partial charge in [0, 0.05) is 12.6 Å². The zero-order valence-corrected chi connectivity index (χ0v) is 16.9. The second-order valence-electron chi connectivity index (χ2n) is 6.90. The molecule has 1 aromatic rings. The summed E-state index contributed by atoms with van der Waals surface area (Å²) in [7, 11) is -7.36. The maximum Gasteiger partial charge on any atom is 0.184 e. The Balaban J connectivity index is 2.15. The van der Waals surface area contributed by atoms with Gasteiger partial charge in [0.15, 0.2) is 19.7 Å². The van der Waals surface area contributed by atoms with E-state index in [1.54, 1.807) is 0 Å². The lowest BCUT2D eigenvalue weighted by molar-refractivity contribution is 0.0768. The van der Waals surface area contributed by atoms with Crippen molar-refractivity contribution in [1.29, 1.82) is 0 Å². The molecule has 0 amide bonds. The van der Waals surface area contributed by atoms with Crippen molar-refractivity contribution in [3.05, 3.63) is 29.6 Å². The Labute approximate surface area is 155 Å². The summed E-state index contributed by atoms with van der Waals surface area (Å²) in [5.74, 6) is -1.17. The zero-order valence-electron chi connectivity index (χ0n) is 15.2. The van der Waals surface area contributed by atoms with Crippen LogP contribution in [0.25, 0.3) is 0 Å². The minimum absolute atomic E-state index is 0.0176. The number of ether oxygens (including phenoxy) is 1. The van der Waals surface area contributed by atoms with Crippen molar-refractivity contribution < 1.29 is 26.0 Å². The SMILES string of the molecule is Cc1cc(F)ccc1S(=O)(=O)[C@H]1CS(=O)(=O)C[C@@H]1NCCCOC(C)C. The van der Waals surface area contributed by atoms with E-state index in [0.29, 0.717) is 19.6 Å². The number of hydrogen-bond acceptors (Lipinski definition) is 6. The van der Waals surface area contributed by atoms with Crippen molar-refractivity contribution in [3.63, 3.8) is 0 Å². The molecule has 0 aliphatic carbocycles. The van der Waals surface area contributed by atoms with Crippen molar-refractivity contribution in [2.24, 2.45) is 0 Å². The van der Waals surface area contributed by atoms with Crippen LogP contribution in [0.15, 0.2) is 23.1 Å². The van der Waals surface area contributed by atoms with Gasteiger partial charge in [0.1, 0.15) is 5.82 Å².